The number of nitrogens with zero attached hydrogens (tertiary/aromatic N) is 2. The van der Waals surface area contributed by atoms with E-state index in [1.165, 1.54) is 12.1 Å². The van der Waals surface area contributed by atoms with E-state index in [0.717, 1.165) is 41.9 Å². The fraction of sp³-hybridized carbons (Fsp3) is 0.421. The molecular formula is C19H20FN3O3. The van der Waals surface area contributed by atoms with Crippen LogP contribution >= 0.6 is 0 Å². The van der Waals surface area contributed by atoms with Crippen molar-refractivity contribution in [2.45, 2.75) is 38.7 Å². The third-order valence-corrected chi connectivity index (χ3v) is 5.03. The highest BCUT2D eigenvalue weighted by molar-refractivity contribution is 5.80. The van der Waals surface area contributed by atoms with Crippen molar-refractivity contribution in [3.8, 4) is 5.69 Å². The van der Waals surface area contributed by atoms with Gasteiger partial charge >= 0.3 is 5.97 Å². The molecule has 1 fully saturated rings. The summed E-state index contributed by atoms with van der Waals surface area (Å²) in [5, 5.41) is 7.30. The van der Waals surface area contributed by atoms with Crippen LogP contribution in [0.25, 0.3) is 5.69 Å². The van der Waals surface area contributed by atoms with E-state index in [0.29, 0.717) is 19.4 Å². The quantitative estimate of drug-likeness (QED) is 0.850. The number of amides is 1. The molecule has 1 amide bonds. The lowest BCUT2D eigenvalue weighted by Crippen LogP contribution is -2.39. The third kappa shape index (κ3) is 3.21. The molecule has 7 heteroatoms. The first kappa shape index (κ1) is 16.8. The third-order valence-electron chi connectivity index (χ3n) is 5.03. The second kappa shape index (κ2) is 6.90. The smallest absolute Gasteiger partial charge is 0.311 e. The summed E-state index contributed by atoms with van der Waals surface area (Å²) in [7, 11) is 0. The lowest BCUT2D eigenvalue weighted by molar-refractivity contribution is -0.151. The van der Waals surface area contributed by atoms with Gasteiger partial charge in [0.05, 0.1) is 11.6 Å². The highest BCUT2D eigenvalue weighted by atomic mass is 19.1. The molecule has 1 aromatic carbocycles. The molecule has 136 valence electrons. The van der Waals surface area contributed by atoms with Crippen molar-refractivity contribution in [1.82, 2.24) is 15.1 Å². The van der Waals surface area contributed by atoms with E-state index < -0.39 is 0 Å². The SMILES string of the molecule is O=C1CC[C@H](C(=O)OCc2nn(-c3ccc(F)cc3)c3c2CCC3)CN1. The van der Waals surface area contributed by atoms with Gasteiger partial charge in [0, 0.05) is 24.2 Å². The average molecular weight is 357 g/mol. The standard InChI is InChI=1S/C19H20FN3O3/c20-13-5-7-14(8-6-13)23-17-3-1-2-15(17)16(22-23)11-26-19(25)12-4-9-18(24)21-10-12/h5-8,12H,1-4,9-11H2,(H,21,24)/t12-/m0/s1. The number of esters is 1. The second-order valence-corrected chi connectivity index (χ2v) is 6.76. The van der Waals surface area contributed by atoms with Gasteiger partial charge in [-0.05, 0) is 49.9 Å². The van der Waals surface area contributed by atoms with E-state index in [4.69, 9.17) is 4.74 Å². The topological polar surface area (TPSA) is 73.2 Å². The Morgan fingerprint density at radius 1 is 1.27 bits per heavy atom. The Bertz CT molecular complexity index is 834. The Morgan fingerprint density at radius 2 is 2.08 bits per heavy atom. The van der Waals surface area contributed by atoms with Crippen molar-refractivity contribution in [2.24, 2.45) is 5.92 Å². The van der Waals surface area contributed by atoms with E-state index in [1.54, 1.807) is 12.1 Å². The molecule has 26 heavy (non-hydrogen) atoms. The number of piperidine rings is 1. The molecule has 6 nitrogen and oxygen atoms in total. The van der Waals surface area contributed by atoms with Crippen LogP contribution in [0.1, 0.15) is 36.2 Å². The van der Waals surface area contributed by atoms with Crippen LogP contribution in [-0.4, -0.2) is 28.2 Å². The molecule has 1 aliphatic carbocycles. The minimum absolute atomic E-state index is 0.0232. The Morgan fingerprint density at radius 3 is 2.81 bits per heavy atom. The number of hydrogen-bond donors (Lipinski definition) is 1. The minimum atomic E-state index is -0.298. The number of ether oxygens (including phenoxy) is 1. The van der Waals surface area contributed by atoms with Gasteiger partial charge in [-0.3, -0.25) is 9.59 Å². The van der Waals surface area contributed by atoms with E-state index in [9.17, 15) is 14.0 Å². The van der Waals surface area contributed by atoms with Gasteiger partial charge in [0.15, 0.2) is 0 Å². The second-order valence-electron chi connectivity index (χ2n) is 6.76. The van der Waals surface area contributed by atoms with E-state index >= 15 is 0 Å². The average Bonchev–Trinajstić information content (AvgIpc) is 3.24. The van der Waals surface area contributed by atoms with Gasteiger partial charge < -0.3 is 10.1 Å². The maximum atomic E-state index is 13.2. The van der Waals surface area contributed by atoms with Gasteiger partial charge in [-0.2, -0.15) is 5.10 Å². The summed E-state index contributed by atoms with van der Waals surface area (Å²) >= 11 is 0. The molecule has 2 aliphatic rings. The van der Waals surface area contributed by atoms with Crippen molar-refractivity contribution in [3.05, 3.63) is 47.0 Å². The van der Waals surface area contributed by atoms with E-state index in [1.807, 2.05) is 4.68 Å². The molecule has 1 N–H and O–H groups in total. The van der Waals surface area contributed by atoms with Gasteiger partial charge in [-0.15, -0.1) is 0 Å². The zero-order valence-electron chi connectivity index (χ0n) is 14.3. The van der Waals surface area contributed by atoms with Crippen LogP contribution in [0, 0.1) is 11.7 Å². The molecular weight excluding hydrogens is 337 g/mol. The largest absolute Gasteiger partial charge is 0.459 e. The molecule has 2 aromatic rings. The number of carbonyl (C=O) groups excluding carboxylic acids is 2. The van der Waals surface area contributed by atoms with Gasteiger partial charge in [-0.25, -0.2) is 9.07 Å². The summed E-state index contributed by atoms with van der Waals surface area (Å²) in [6.07, 6.45) is 3.72. The predicted molar refractivity (Wildman–Crippen MR) is 91.1 cm³/mol. The van der Waals surface area contributed by atoms with Crippen LogP contribution in [0.4, 0.5) is 4.39 Å². The number of carbonyl (C=O) groups is 2. The highest BCUT2D eigenvalue weighted by Gasteiger charge is 2.28. The molecule has 1 aromatic heterocycles. The molecule has 0 saturated carbocycles. The normalized spacial score (nSPS) is 19.1. The number of aromatic nitrogens is 2. The minimum Gasteiger partial charge on any atom is -0.459 e. The van der Waals surface area contributed by atoms with Crippen LogP contribution in [0.3, 0.4) is 0 Å². The molecule has 4 rings (SSSR count). The summed E-state index contributed by atoms with van der Waals surface area (Å²) in [4.78, 5) is 23.4. The zero-order chi connectivity index (χ0) is 18.1. The summed E-state index contributed by atoms with van der Waals surface area (Å²) in [5.41, 5.74) is 3.79. The maximum absolute atomic E-state index is 13.2. The number of rotatable bonds is 4. The molecule has 0 spiro atoms. The number of halogens is 1. The Kier molecular flexibility index (Phi) is 4.44. The number of hydrogen-bond acceptors (Lipinski definition) is 4. The van der Waals surface area contributed by atoms with Crippen molar-refractivity contribution in [1.29, 1.82) is 0 Å². The van der Waals surface area contributed by atoms with Gasteiger partial charge in [0.25, 0.3) is 0 Å². The monoisotopic (exact) mass is 357 g/mol. The fourth-order valence-electron chi connectivity index (χ4n) is 3.62. The van der Waals surface area contributed by atoms with Gasteiger partial charge in [-0.1, -0.05) is 0 Å². The maximum Gasteiger partial charge on any atom is 0.311 e. The highest BCUT2D eigenvalue weighted by Crippen LogP contribution is 2.28. The molecule has 1 saturated heterocycles. The molecule has 2 heterocycles. The summed E-state index contributed by atoms with van der Waals surface area (Å²) < 4.78 is 20.5. The van der Waals surface area contributed by atoms with Crippen LogP contribution < -0.4 is 5.32 Å². The van der Waals surface area contributed by atoms with Crippen molar-refractivity contribution < 1.29 is 18.7 Å². The molecule has 1 atom stereocenters. The number of benzene rings is 1. The first-order valence-electron chi connectivity index (χ1n) is 8.91. The summed E-state index contributed by atoms with van der Waals surface area (Å²) in [6.45, 7) is 0.458. The van der Waals surface area contributed by atoms with Crippen LogP contribution in [0.5, 0.6) is 0 Å². The predicted octanol–water partition coefficient (Wildman–Crippen LogP) is 2.07. The molecule has 1 aliphatic heterocycles. The van der Waals surface area contributed by atoms with Crippen molar-refractivity contribution in [2.75, 3.05) is 6.54 Å². The number of nitrogens with one attached hydrogen (secondary N) is 1. The van der Waals surface area contributed by atoms with Crippen molar-refractivity contribution in [3.63, 3.8) is 0 Å². The van der Waals surface area contributed by atoms with Gasteiger partial charge in [0.1, 0.15) is 18.1 Å². The zero-order valence-corrected chi connectivity index (χ0v) is 14.3. The lowest BCUT2D eigenvalue weighted by Gasteiger charge is -2.20. The summed E-state index contributed by atoms with van der Waals surface area (Å²) in [6, 6.07) is 6.22. The van der Waals surface area contributed by atoms with Crippen LogP contribution in [-0.2, 0) is 33.8 Å². The first-order chi connectivity index (χ1) is 12.6. The lowest BCUT2D eigenvalue weighted by atomic mass is 9.99. The van der Waals surface area contributed by atoms with Gasteiger partial charge in [0.2, 0.25) is 5.91 Å². The first-order valence-corrected chi connectivity index (χ1v) is 8.91. The fourth-order valence-corrected chi connectivity index (χ4v) is 3.62. The molecule has 0 radical (unpaired) electrons. The summed E-state index contributed by atoms with van der Waals surface area (Å²) in [5.74, 6) is -0.899. The van der Waals surface area contributed by atoms with E-state index in [-0.39, 0.29) is 30.2 Å². The van der Waals surface area contributed by atoms with Crippen LogP contribution in [0.15, 0.2) is 24.3 Å². The molecule has 0 unspecified atom stereocenters. The van der Waals surface area contributed by atoms with Crippen LogP contribution in [0.2, 0.25) is 0 Å². The Labute approximate surface area is 150 Å². The molecule has 0 bridgehead atoms. The Hall–Kier alpha value is -2.70. The van der Waals surface area contributed by atoms with E-state index in [2.05, 4.69) is 10.4 Å². The van der Waals surface area contributed by atoms with Crippen molar-refractivity contribution >= 4 is 11.9 Å². The Balaban J connectivity index is 1.49. The number of fused-ring (bicyclic) bond motifs is 1.